The molecular formula is C23H23N5O4S. The van der Waals surface area contributed by atoms with Crippen LogP contribution in [0.5, 0.6) is 0 Å². The number of benzene rings is 2. The van der Waals surface area contributed by atoms with Gasteiger partial charge in [-0.1, -0.05) is 24.8 Å². The lowest BCUT2D eigenvalue weighted by molar-refractivity contribution is -0.384. The molecule has 10 heteroatoms. The van der Waals surface area contributed by atoms with E-state index in [9.17, 15) is 19.7 Å². The molecule has 0 aliphatic carbocycles. The smallest absolute Gasteiger partial charge is 0.269 e. The predicted molar refractivity (Wildman–Crippen MR) is 127 cm³/mol. The molecular weight excluding hydrogens is 442 g/mol. The number of nitro benzene ring substituents is 1. The number of anilines is 1. The van der Waals surface area contributed by atoms with E-state index in [1.807, 2.05) is 11.5 Å². The average Bonchev–Trinajstić information content (AvgIpc) is 3.20. The molecule has 1 atom stereocenters. The van der Waals surface area contributed by atoms with Crippen LogP contribution in [0.4, 0.5) is 11.4 Å². The maximum atomic E-state index is 12.9. The Morgan fingerprint density at radius 2 is 1.85 bits per heavy atom. The van der Waals surface area contributed by atoms with Gasteiger partial charge in [0.25, 0.3) is 5.69 Å². The minimum atomic E-state index is -0.461. The molecule has 0 spiro atoms. The molecule has 2 aromatic carbocycles. The molecule has 0 radical (unpaired) electrons. The van der Waals surface area contributed by atoms with E-state index in [2.05, 4.69) is 22.1 Å². The number of amides is 1. The normalized spacial score (nSPS) is 11.6. The van der Waals surface area contributed by atoms with Crippen molar-refractivity contribution in [2.45, 2.75) is 37.2 Å². The van der Waals surface area contributed by atoms with Gasteiger partial charge in [-0.2, -0.15) is 0 Å². The third kappa shape index (κ3) is 5.72. The highest BCUT2D eigenvalue weighted by Gasteiger charge is 2.23. The van der Waals surface area contributed by atoms with Crippen molar-refractivity contribution >= 4 is 34.8 Å². The zero-order chi connectivity index (χ0) is 24.0. The van der Waals surface area contributed by atoms with Gasteiger partial charge in [0.2, 0.25) is 5.91 Å². The van der Waals surface area contributed by atoms with E-state index in [1.165, 1.54) is 30.8 Å². The number of nitro groups is 1. The van der Waals surface area contributed by atoms with E-state index in [4.69, 9.17) is 0 Å². The SMILES string of the molecule is C=CCn1c(SC(CC)C(=O)Nc2ccc(C(C)=O)cc2)nnc1-c1ccc([N+](=O)[O-])cc1. The number of thioether (sulfide) groups is 1. The summed E-state index contributed by atoms with van der Waals surface area (Å²) in [6, 6.07) is 12.8. The van der Waals surface area contributed by atoms with Gasteiger partial charge in [0, 0.05) is 35.5 Å². The summed E-state index contributed by atoms with van der Waals surface area (Å²) in [7, 11) is 0. The van der Waals surface area contributed by atoms with Crippen molar-refractivity contribution in [3.05, 3.63) is 76.9 Å². The number of carbonyl (C=O) groups is 2. The fourth-order valence-electron chi connectivity index (χ4n) is 3.08. The average molecular weight is 466 g/mol. The van der Waals surface area contributed by atoms with Gasteiger partial charge in [-0.05, 0) is 49.7 Å². The number of carbonyl (C=O) groups excluding carboxylic acids is 2. The van der Waals surface area contributed by atoms with Gasteiger partial charge >= 0.3 is 0 Å². The van der Waals surface area contributed by atoms with Gasteiger partial charge in [0.05, 0.1) is 10.2 Å². The van der Waals surface area contributed by atoms with Crippen molar-refractivity contribution in [1.29, 1.82) is 0 Å². The third-order valence-electron chi connectivity index (χ3n) is 4.83. The van der Waals surface area contributed by atoms with Gasteiger partial charge in [-0.3, -0.25) is 24.3 Å². The Balaban J connectivity index is 1.80. The number of nitrogens with one attached hydrogen (secondary N) is 1. The Kier molecular flexibility index (Phi) is 7.73. The summed E-state index contributed by atoms with van der Waals surface area (Å²) >= 11 is 1.28. The number of rotatable bonds is 10. The molecule has 170 valence electrons. The lowest BCUT2D eigenvalue weighted by Gasteiger charge is -2.15. The fourth-order valence-corrected chi connectivity index (χ4v) is 4.04. The van der Waals surface area contributed by atoms with Crippen molar-refractivity contribution < 1.29 is 14.5 Å². The van der Waals surface area contributed by atoms with Crippen LogP contribution < -0.4 is 5.32 Å². The van der Waals surface area contributed by atoms with Crippen LogP contribution in [0.25, 0.3) is 11.4 Å². The molecule has 0 aliphatic heterocycles. The van der Waals surface area contributed by atoms with Gasteiger partial charge in [0.15, 0.2) is 16.8 Å². The number of Topliss-reactive ketones (excluding diaryl/α,β-unsaturated/α-hetero) is 1. The lowest BCUT2D eigenvalue weighted by atomic mass is 10.1. The summed E-state index contributed by atoms with van der Waals surface area (Å²) in [6.45, 7) is 7.58. The van der Waals surface area contributed by atoms with Gasteiger partial charge < -0.3 is 5.32 Å². The van der Waals surface area contributed by atoms with Crippen LogP contribution in [-0.2, 0) is 11.3 Å². The molecule has 1 aromatic heterocycles. The Morgan fingerprint density at radius 1 is 1.18 bits per heavy atom. The monoisotopic (exact) mass is 465 g/mol. The summed E-state index contributed by atoms with van der Waals surface area (Å²) in [5.41, 5.74) is 1.83. The molecule has 33 heavy (non-hydrogen) atoms. The number of aromatic nitrogens is 3. The second-order valence-corrected chi connectivity index (χ2v) is 8.32. The molecule has 1 unspecified atom stereocenters. The molecule has 9 nitrogen and oxygen atoms in total. The maximum absolute atomic E-state index is 12.9. The van der Waals surface area contributed by atoms with E-state index < -0.39 is 10.2 Å². The highest BCUT2D eigenvalue weighted by Crippen LogP contribution is 2.30. The first-order valence-corrected chi connectivity index (χ1v) is 11.1. The van der Waals surface area contributed by atoms with E-state index in [-0.39, 0.29) is 17.4 Å². The largest absolute Gasteiger partial charge is 0.325 e. The first kappa shape index (κ1) is 23.9. The molecule has 0 saturated carbocycles. The van der Waals surface area contributed by atoms with Gasteiger partial charge in [0.1, 0.15) is 0 Å². The fraction of sp³-hybridized carbons (Fsp3) is 0.217. The molecule has 1 N–H and O–H groups in total. The van der Waals surface area contributed by atoms with E-state index in [0.717, 1.165) is 0 Å². The number of non-ortho nitro benzene ring substituents is 1. The first-order chi connectivity index (χ1) is 15.8. The molecule has 0 bridgehead atoms. The van der Waals surface area contributed by atoms with E-state index in [1.54, 1.807) is 42.5 Å². The van der Waals surface area contributed by atoms with Crippen molar-refractivity contribution in [2.24, 2.45) is 0 Å². The summed E-state index contributed by atoms with van der Waals surface area (Å²) in [6.07, 6.45) is 2.25. The van der Waals surface area contributed by atoms with Crippen molar-refractivity contribution in [3.63, 3.8) is 0 Å². The molecule has 1 amide bonds. The van der Waals surface area contributed by atoms with Gasteiger partial charge in [-0.25, -0.2) is 0 Å². The summed E-state index contributed by atoms with van der Waals surface area (Å²) < 4.78 is 1.82. The Labute approximate surface area is 195 Å². The summed E-state index contributed by atoms with van der Waals surface area (Å²) in [5.74, 6) is 0.297. The van der Waals surface area contributed by atoms with Crippen LogP contribution in [0, 0.1) is 10.1 Å². The molecule has 0 aliphatic rings. The van der Waals surface area contributed by atoms with Crippen molar-refractivity contribution in [3.8, 4) is 11.4 Å². The highest BCUT2D eigenvalue weighted by molar-refractivity contribution is 8.00. The summed E-state index contributed by atoms with van der Waals surface area (Å²) in [5, 5.41) is 22.4. The number of nitrogens with zero attached hydrogens (tertiary/aromatic N) is 4. The first-order valence-electron chi connectivity index (χ1n) is 10.2. The van der Waals surface area contributed by atoms with E-state index >= 15 is 0 Å². The molecule has 3 rings (SSSR count). The van der Waals surface area contributed by atoms with Crippen LogP contribution in [0.1, 0.15) is 30.6 Å². The minimum Gasteiger partial charge on any atom is -0.325 e. The number of ketones is 1. The Morgan fingerprint density at radius 3 is 2.39 bits per heavy atom. The zero-order valence-electron chi connectivity index (χ0n) is 18.2. The molecule has 3 aromatic rings. The summed E-state index contributed by atoms with van der Waals surface area (Å²) in [4.78, 5) is 34.8. The molecule has 1 heterocycles. The zero-order valence-corrected chi connectivity index (χ0v) is 19.0. The van der Waals surface area contributed by atoms with Gasteiger partial charge in [-0.15, -0.1) is 16.8 Å². The number of hydrogen-bond acceptors (Lipinski definition) is 7. The van der Waals surface area contributed by atoms with Crippen LogP contribution in [0.3, 0.4) is 0 Å². The van der Waals surface area contributed by atoms with Crippen LogP contribution in [0.15, 0.2) is 66.3 Å². The number of hydrogen-bond donors (Lipinski definition) is 1. The van der Waals surface area contributed by atoms with Crippen molar-refractivity contribution in [1.82, 2.24) is 14.8 Å². The maximum Gasteiger partial charge on any atom is 0.269 e. The van der Waals surface area contributed by atoms with Crippen LogP contribution >= 0.6 is 11.8 Å². The quantitative estimate of drug-likeness (QED) is 0.151. The van der Waals surface area contributed by atoms with Crippen LogP contribution in [-0.4, -0.2) is 36.6 Å². The standard InChI is InChI=1S/C23H23N5O4S/c1-4-14-27-21(17-8-12-19(13-9-17)28(31)32)25-26-23(27)33-20(5-2)22(30)24-18-10-6-16(7-11-18)15(3)29/h4,6-13,20H,1,5,14H2,2-3H3,(H,24,30). The second kappa shape index (κ2) is 10.7. The molecule has 0 saturated heterocycles. The third-order valence-corrected chi connectivity index (χ3v) is 6.18. The van der Waals surface area contributed by atoms with Crippen LogP contribution in [0.2, 0.25) is 0 Å². The lowest BCUT2D eigenvalue weighted by Crippen LogP contribution is -2.25. The highest BCUT2D eigenvalue weighted by atomic mass is 32.2. The van der Waals surface area contributed by atoms with Crippen molar-refractivity contribution in [2.75, 3.05) is 5.32 Å². The Bertz CT molecular complexity index is 1170. The van der Waals surface area contributed by atoms with E-state index in [0.29, 0.717) is 40.8 Å². The molecule has 0 fully saturated rings. The Hall–Kier alpha value is -3.79. The predicted octanol–water partition coefficient (Wildman–Crippen LogP) is 4.75. The topological polar surface area (TPSA) is 120 Å². The number of allylic oxidation sites excluding steroid dienone is 1. The minimum absolute atomic E-state index is 0.0119. The second-order valence-electron chi connectivity index (χ2n) is 7.15.